The normalized spacial score (nSPS) is 13.7. The molecular formula is C30H37Cl2N5O4. The molecule has 0 fully saturated rings. The number of hydrogen-bond acceptors (Lipinski definition) is 7. The Morgan fingerprint density at radius 3 is 2.63 bits per heavy atom. The number of aromatic nitrogens is 3. The first-order chi connectivity index (χ1) is 19.5. The van der Waals surface area contributed by atoms with Gasteiger partial charge in [0, 0.05) is 35.0 Å². The molecule has 1 amide bonds. The molecule has 0 saturated heterocycles. The third kappa shape index (κ3) is 8.92. The molecule has 1 atom stereocenters. The largest absolute Gasteiger partial charge is 0.469 e. The first-order valence-electron chi connectivity index (χ1n) is 13.8. The molecule has 41 heavy (non-hydrogen) atoms. The highest BCUT2D eigenvalue weighted by molar-refractivity contribution is 6.34. The van der Waals surface area contributed by atoms with Crippen LogP contribution in [0.1, 0.15) is 78.9 Å². The van der Waals surface area contributed by atoms with Crippen molar-refractivity contribution in [1.82, 2.24) is 20.1 Å². The topological polar surface area (TPSA) is 107 Å². The van der Waals surface area contributed by atoms with Crippen LogP contribution in [0.4, 0.5) is 5.82 Å². The molecule has 0 saturated carbocycles. The van der Waals surface area contributed by atoms with Crippen molar-refractivity contribution < 1.29 is 19.1 Å². The number of pyridine rings is 1. The molecule has 0 radical (unpaired) electrons. The summed E-state index contributed by atoms with van der Waals surface area (Å²) >= 11 is 12.4. The van der Waals surface area contributed by atoms with Crippen molar-refractivity contribution >= 4 is 40.9 Å². The first-order valence-corrected chi connectivity index (χ1v) is 14.5. The smallest absolute Gasteiger partial charge is 0.307 e. The first kappa shape index (κ1) is 30.8. The predicted molar refractivity (Wildman–Crippen MR) is 159 cm³/mol. The van der Waals surface area contributed by atoms with Crippen molar-refractivity contribution in [2.24, 2.45) is 0 Å². The van der Waals surface area contributed by atoms with Crippen LogP contribution >= 0.6 is 23.2 Å². The van der Waals surface area contributed by atoms with Gasteiger partial charge in [0.05, 0.1) is 37.3 Å². The number of benzene rings is 1. The van der Waals surface area contributed by atoms with E-state index in [-0.39, 0.29) is 13.0 Å². The number of hydrogen-bond donors (Lipinski definition) is 2. The Morgan fingerprint density at radius 2 is 1.93 bits per heavy atom. The molecule has 1 aliphatic heterocycles. The molecule has 1 unspecified atom stereocenters. The monoisotopic (exact) mass is 601 g/mol. The Balaban J connectivity index is 1.51. The Hall–Kier alpha value is -3.14. The van der Waals surface area contributed by atoms with E-state index in [9.17, 15) is 9.59 Å². The Bertz CT molecular complexity index is 1370. The molecule has 220 valence electrons. The molecule has 0 aliphatic carbocycles. The van der Waals surface area contributed by atoms with Gasteiger partial charge in [0.15, 0.2) is 0 Å². The van der Waals surface area contributed by atoms with Gasteiger partial charge in [0.25, 0.3) is 5.91 Å². The third-order valence-electron chi connectivity index (χ3n) is 6.69. The molecule has 2 aromatic heterocycles. The Kier molecular flexibility index (Phi) is 10.3. The molecule has 1 aliphatic rings. The van der Waals surface area contributed by atoms with Crippen molar-refractivity contribution in [2.45, 2.75) is 77.7 Å². The van der Waals surface area contributed by atoms with Gasteiger partial charge in [0.2, 0.25) is 0 Å². The molecule has 0 bridgehead atoms. The lowest BCUT2D eigenvalue weighted by Crippen LogP contribution is -2.31. The number of rotatable bonds is 11. The van der Waals surface area contributed by atoms with Gasteiger partial charge in [-0.3, -0.25) is 14.3 Å². The number of methoxy groups -OCH3 is 1. The molecule has 11 heteroatoms. The van der Waals surface area contributed by atoms with Crippen molar-refractivity contribution in [1.29, 1.82) is 0 Å². The van der Waals surface area contributed by atoms with Crippen molar-refractivity contribution in [2.75, 3.05) is 19.0 Å². The van der Waals surface area contributed by atoms with E-state index >= 15 is 0 Å². The Morgan fingerprint density at radius 1 is 1.17 bits per heavy atom. The summed E-state index contributed by atoms with van der Waals surface area (Å²) in [6.45, 7) is 7.53. The zero-order chi connectivity index (χ0) is 29.6. The molecule has 3 aromatic rings. The van der Waals surface area contributed by atoms with E-state index < -0.39 is 23.5 Å². The average molecular weight is 603 g/mol. The number of esters is 1. The fraction of sp³-hybridized carbons (Fsp3) is 0.467. The van der Waals surface area contributed by atoms with Gasteiger partial charge in [-0.15, -0.1) is 0 Å². The number of amides is 1. The Labute approximate surface area is 250 Å². The van der Waals surface area contributed by atoms with Gasteiger partial charge in [-0.2, -0.15) is 5.10 Å². The number of anilines is 1. The SMILES string of the molecule is COC(=O)CC(NC(=O)c1cn(CCCc2ccc3c(n2)NCCC3)nc1COC(C)(C)C)c1cc(Cl)cc(Cl)c1. The minimum atomic E-state index is -0.713. The zero-order valence-electron chi connectivity index (χ0n) is 23.9. The minimum absolute atomic E-state index is 0.0937. The van der Waals surface area contributed by atoms with E-state index in [1.165, 1.54) is 12.7 Å². The second-order valence-electron chi connectivity index (χ2n) is 11.1. The van der Waals surface area contributed by atoms with Crippen LogP contribution in [0.25, 0.3) is 0 Å². The number of carbonyl (C=O) groups excluding carboxylic acids is 2. The summed E-state index contributed by atoms with van der Waals surface area (Å²) in [5.41, 5.74) is 3.33. The van der Waals surface area contributed by atoms with Crippen LogP contribution in [0.5, 0.6) is 0 Å². The van der Waals surface area contributed by atoms with E-state index in [1.54, 1.807) is 29.1 Å². The second-order valence-corrected chi connectivity index (χ2v) is 12.0. The summed E-state index contributed by atoms with van der Waals surface area (Å²) in [5, 5.41) is 11.8. The number of nitrogens with zero attached hydrogens (tertiary/aromatic N) is 3. The third-order valence-corrected chi connectivity index (χ3v) is 7.12. The standard InChI is InChI=1S/C30H37Cl2N5O4/c1-30(2,3)41-18-26-24(29(39)35-25(16-27(38)40-4)20-13-21(31)15-22(32)14-20)17-37(36-26)12-6-8-23-10-9-19-7-5-11-33-28(19)34-23/h9-10,13-15,17,25H,5-8,11-12,16,18H2,1-4H3,(H,33,34)(H,35,39). The summed E-state index contributed by atoms with van der Waals surface area (Å²) in [7, 11) is 1.30. The van der Waals surface area contributed by atoms with Crippen LogP contribution in [0.2, 0.25) is 10.0 Å². The highest BCUT2D eigenvalue weighted by Crippen LogP contribution is 2.27. The number of halogens is 2. The number of nitrogens with one attached hydrogen (secondary N) is 2. The maximum absolute atomic E-state index is 13.6. The van der Waals surface area contributed by atoms with Crippen molar-refractivity contribution in [3.05, 3.63) is 74.7 Å². The highest BCUT2D eigenvalue weighted by Gasteiger charge is 2.25. The van der Waals surface area contributed by atoms with E-state index in [4.69, 9.17) is 37.7 Å². The van der Waals surface area contributed by atoms with Crippen LogP contribution in [0, 0.1) is 0 Å². The fourth-order valence-corrected chi connectivity index (χ4v) is 5.14. The van der Waals surface area contributed by atoms with Crippen LogP contribution in [-0.4, -0.2) is 45.9 Å². The number of fused-ring (bicyclic) bond motifs is 1. The molecular weight excluding hydrogens is 565 g/mol. The van der Waals surface area contributed by atoms with E-state index in [2.05, 4.69) is 27.9 Å². The van der Waals surface area contributed by atoms with Gasteiger partial charge in [0.1, 0.15) is 11.5 Å². The van der Waals surface area contributed by atoms with Gasteiger partial charge >= 0.3 is 5.97 Å². The van der Waals surface area contributed by atoms with Crippen molar-refractivity contribution in [3.8, 4) is 0 Å². The number of aryl methyl sites for hydroxylation is 3. The molecule has 2 N–H and O–H groups in total. The fourth-order valence-electron chi connectivity index (χ4n) is 4.60. The molecule has 9 nitrogen and oxygen atoms in total. The molecule has 0 spiro atoms. The lowest BCUT2D eigenvalue weighted by molar-refractivity contribution is -0.141. The van der Waals surface area contributed by atoms with Gasteiger partial charge in [-0.05, 0) is 81.8 Å². The maximum Gasteiger partial charge on any atom is 0.307 e. The van der Waals surface area contributed by atoms with Crippen LogP contribution in [0.3, 0.4) is 0 Å². The average Bonchev–Trinajstić information content (AvgIpc) is 3.33. The van der Waals surface area contributed by atoms with Gasteiger partial charge in [-0.25, -0.2) is 4.98 Å². The van der Waals surface area contributed by atoms with Crippen LogP contribution < -0.4 is 10.6 Å². The van der Waals surface area contributed by atoms with Crippen LogP contribution in [-0.2, 0) is 40.3 Å². The van der Waals surface area contributed by atoms with E-state index in [0.29, 0.717) is 33.4 Å². The summed E-state index contributed by atoms with van der Waals surface area (Å²) in [5.74, 6) is 0.108. The lowest BCUT2D eigenvalue weighted by atomic mass is 10.0. The van der Waals surface area contributed by atoms with Crippen LogP contribution in [0.15, 0.2) is 36.5 Å². The van der Waals surface area contributed by atoms with E-state index in [1.807, 2.05) is 20.8 Å². The summed E-state index contributed by atoms with van der Waals surface area (Å²) < 4.78 is 12.6. The highest BCUT2D eigenvalue weighted by atomic mass is 35.5. The number of carbonyl (C=O) groups is 2. The predicted octanol–water partition coefficient (Wildman–Crippen LogP) is 5.93. The summed E-state index contributed by atoms with van der Waals surface area (Å²) in [4.78, 5) is 30.6. The molecule has 3 heterocycles. The van der Waals surface area contributed by atoms with Crippen molar-refractivity contribution in [3.63, 3.8) is 0 Å². The minimum Gasteiger partial charge on any atom is -0.469 e. The van der Waals surface area contributed by atoms with Gasteiger partial charge < -0.3 is 20.1 Å². The van der Waals surface area contributed by atoms with Gasteiger partial charge in [-0.1, -0.05) is 29.3 Å². The summed E-state index contributed by atoms with van der Waals surface area (Å²) in [6.07, 6.45) is 5.38. The number of ether oxygens (including phenoxy) is 2. The second kappa shape index (κ2) is 13.7. The quantitative estimate of drug-likeness (QED) is 0.262. The lowest BCUT2D eigenvalue weighted by Gasteiger charge is -2.20. The molecule has 1 aromatic carbocycles. The summed E-state index contributed by atoms with van der Waals surface area (Å²) in [6, 6.07) is 8.44. The maximum atomic E-state index is 13.6. The zero-order valence-corrected chi connectivity index (χ0v) is 25.4. The molecule has 4 rings (SSSR count). The van der Waals surface area contributed by atoms with E-state index in [0.717, 1.165) is 43.7 Å².